The van der Waals surface area contributed by atoms with Crippen molar-refractivity contribution in [1.29, 1.82) is 0 Å². The molecule has 0 saturated heterocycles. The number of hydrogen-bond acceptors (Lipinski definition) is 4. The van der Waals surface area contributed by atoms with E-state index < -0.39 is 20.5 Å². The molecule has 7 heteroatoms. The van der Waals surface area contributed by atoms with Crippen molar-refractivity contribution >= 4 is 15.7 Å². The van der Waals surface area contributed by atoms with Crippen molar-refractivity contribution in [3.8, 4) is 12.3 Å². The summed E-state index contributed by atoms with van der Waals surface area (Å²) in [4.78, 5) is 10.00. The second-order valence-electron chi connectivity index (χ2n) is 4.85. The van der Waals surface area contributed by atoms with Crippen molar-refractivity contribution in [3.63, 3.8) is 0 Å². The first kappa shape index (κ1) is 16.1. The summed E-state index contributed by atoms with van der Waals surface area (Å²) in [7, 11) is -2.18. The molecular formula is C13H16N2O4S. The lowest BCUT2D eigenvalue weighted by molar-refractivity contribution is -0.384. The van der Waals surface area contributed by atoms with Gasteiger partial charge in [0.2, 0.25) is 10.0 Å². The van der Waals surface area contributed by atoms with Crippen molar-refractivity contribution in [2.24, 2.45) is 0 Å². The third kappa shape index (κ3) is 3.56. The van der Waals surface area contributed by atoms with Gasteiger partial charge in [0.15, 0.2) is 0 Å². The van der Waals surface area contributed by atoms with E-state index in [2.05, 4.69) is 5.92 Å². The van der Waals surface area contributed by atoms with E-state index >= 15 is 0 Å². The highest BCUT2D eigenvalue weighted by Crippen LogP contribution is 2.20. The minimum Gasteiger partial charge on any atom is -0.258 e. The Morgan fingerprint density at radius 2 is 1.85 bits per heavy atom. The third-order valence-electron chi connectivity index (χ3n) is 3.05. The SMILES string of the molecule is C#CC(C)(C)N(C)S(=O)(=O)Cc1ccc([N+](=O)[O-])cc1. The Kier molecular flexibility index (Phi) is 4.53. The quantitative estimate of drug-likeness (QED) is 0.471. The molecule has 0 atom stereocenters. The van der Waals surface area contributed by atoms with E-state index in [1.54, 1.807) is 13.8 Å². The van der Waals surface area contributed by atoms with Crippen LogP contribution in [0.2, 0.25) is 0 Å². The van der Waals surface area contributed by atoms with Gasteiger partial charge in [0.05, 0.1) is 16.2 Å². The van der Waals surface area contributed by atoms with Gasteiger partial charge in [0, 0.05) is 19.2 Å². The fourth-order valence-corrected chi connectivity index (χ4v) is 3.02. The molecule has 0 aromatic heterocycles. The first-order valence-electron chi connectivity index (χ1n) is 5.78. The Bertz CT molecular complexity index is 642. The lowest BCUT2D eigenvalue weighted by Gasteiger charge is -2.29. The van der Waals surface area contributed by atoms with Crippen LogP contribution in [0.15, 0.2) is 24.3 Å². The van der Waals surface area contributed by atoms with Crippen molar-refractivity contribution in [2.75, 3.05) is 7.05 Å². The smallest absolute Gasteiger partial charge is 0.258 e. The normalized spacial score (nSPS) is 12.2. The fraction of sp³-hybridized carbons (Fsp3) is 0.385. The van der Waals surface area contributed by atoms with Crippen LogP contribution in [0, 0.1) is 22.5 Å². The molecule has 1 aromatic carbocycles. The minimum atomic E-state index is -3.60. The molecule has 0 aliphatic carbocycles. The first-order chi connectivity index (χ1) is 9.10. The summed E-state index contributed by atoms with van der Waals surface area (Å²) in [6.45, 7) is 3.25. The summed E-state index contributed by atoms with van der Waals surface area (Å²) in [5, 5.41) is 10.5. The van der Waals surface area contributed by atoms with Crippen LogP contribution in [0.1, 0.15) is 19.4 Å². The maximum atomic E-state index is 12.2. The van der Waals surface area contributed by atoms with E-state index in [4.69, 9.17) is 6.42 Å². The summed E-state index contributed by atoms with van der Waals surface area (Å²) in [5.74, 6) is 2.16. The summed E-state index contributed by atoms with van der Waals surface area (Å²) in [6, 6.07) is 5.40. The van der Waals surface area contributed by atoms with Gasteiger partial charge >= 0.3 is 0 Å². The lowest BCUT2D eigenvalue weighted by Crippen LogP contribution is -2.44. The molecule has 0 bridgehead atoms. The maximum absolute atomic E-state index is 12.2. The van der Waals surface area contributed by atoms with Gasteiger partial charge in [-0.05, 0) is 19.4 Å². The van der Waals surface area contributed by atoms with Gasteiger partial charge in [0.25, 0.3) is 5.69 Å². The fourth-order valence-electron chi connectivity index (χ4n) is 1.46. The number of hydrogen-bond donors (Lipinski definition) is 0. The molecule has 0 spiro atoms. The number of nitro groups is 1. The topological polar surface area (TPSA) is 80.5 Å². The van der Waals surface area contributed by atoms with Crippen LogP contribution in [-0.2, 0) is 15.8 Å². The van der Waals surface area contributed by atoms with Crippen LogP contribution in [-0.4, -0.2) is 30.2 Å². The molecule has 0 fully saturated rings. The molecule has 0 aliphatic rings. The number of nitrogens with zero attached hydrogens (tertiary/aromatic N) is 2. The zero-order chi connectivity index (χ0) is 15.6. The molecule has 108 valence electrons. The molecule has 0 unspecified atom stereocenters. The Labute approximate surface area is 118 Å². The van der Waals surface area contributed by atoms with E-state index in [0.29, 0.717) is 5.56 Å². The van der Waals surface area contributed by atoms with Crippen molar-refractivity contribution < 1.29 is 13.3 Å². The molecule has 0 heterocycles. The molecule has 0 N–H and O–H groups in total. The lowest BCUT2D eigenvalue weighted by atomic mass is 10.1. The van der Waals surface area contributed by atoms with Gasteiger partial charge in [-0.25, -0.2) is 8.42 Å². The second kappa shape index (κ2) is 5.61. The van der Waals surface area contributed by atoms with Crippen molar-refractivity contribution in [1.82, 2.24) is 4.31 Å². The predicted octanol–water partition coefficient (Wildman–Crippen LogP) is 1.77. The Morgan fingerprint density at radius 3 is 2.25 bits per heavy atom. The van der Waals surface area contributed by atoms with E-state index in [0.717, 1.165) is 4.31 Å². The zero-order valence-corrected chi connectivity index (χ0v) is 12.3. The van der Waals surface area contributed by atoms with Crippen LogP contribution in [0.25, 0.3) is 0 Å². The van der Waals surface area contributed by atoms with E-state index in [1.165, 1.54) is 31.3 Å². The summed E-state index contributed by atoms with van der Waals surface area (Å²) < 4.78 is 25.6. The van der Waals surface area contributed by atoms with Gasteiger partial charge < -0.3 is 0 Å². The molecule has 1 aromatic rings. The number of sulfonamides is 1. The number of nitro benzene ring substituents is 1. The van der Waals surface area contributed by atoms with Gasteiger partial charge in [0.1, 0.15) is 0 Å². The minimum absolute atomic E-state index is 0.0801. The summed E-state index contributed by atoms with van der Waals surface area (Å²) >= 11 is 0. The van der Waals surface area contributed by atoms with Crippen molar-refractivity contribution in [2.45, 2.75) is 25.1 Å². The monoisotopic (exact) mass is 296 g/mol. The van der Waals surface area contributed by atoms with Crippen molar-refractivity contribution in [3.05, 3.63) is 39.9 Å². The molecule has 6 nitrogen and oxygen atoms in total. The van der Waals surface area contributed by atoms with E-state index in [1.807, 2.05) is 0 Å². The number of benzene rings is 1. The van der Waals surface area contributed by atoms with E-state index in [-0.39, 0.29) is 11.4 Å². The highest BCUT2D eigenvalue weighted by molar-refractivity contribution is 7.88. The van der Waals surface area contributed by atoms with Gasteiger partial charge in [-0.3, -0.25) is 10.1 Å². The summed E-state index contributed by atoms with van der Waals surface area (Å²) in [6.07, 6.45) is 5.32. The molecule has 20 heavy (non-hydrogen) atoms. The van der Waals surface area contributed by atoms with Crippen LogP contribution in [0.4, 0.5) is 5.69 Å². The largest absolute Gasteiger partial charge is 0.269 e. The molecule has 0 radical (unpaired) electrons. The first-order valence-corrected chi connectivity index (χ1v) is 7.39. The zero-order valence-electron chi connectivity index (χ0n) is 11.5. The molecule has 0 amide bonds. The second-order valence-corrected chi connectivity index (χ2v) is 6.85. The number of terminal acetylenes is 1. The Morgan fingerprint density at radius 1 is 1.35 bits per heavy atom. The van der Waals surface area contributed by atoms with Crippen LogP contribution < -0.4 is 0 Å². The average Bonchev–Trinajstić information content (AvgIpc) is 2.38. The maximum Gasteiger partial charge on any atom is 0.269 e. The predicted molar refractivity (Wildman–Crippen MR) is 76.4 cm³/mol. The number of non-ortho nitro benzene ring substituents is 1. The van der Waals surface area contributed by atoms with Crippen LogP contribution in [0.5, 0.6) is 0 Å². The Hall–Kier alpha value is -1.91. The standard InChI is InChI=1S/C13H16N2O4S/c1-5-13(2,3)14(4)20(18,19)10-11-6-8-12(9-7-11)15(16)17/h1,6-9H,10H2,2-4H3. The van der Waals surface area contributed by atoms with Gasteiger partial charge in [-0.2, -0.15) is 4.31 Å². The van der Waals surface area contributed by atoms with Crippen LogP contribution >= 0.6 is 0 Å². The molecule has 0 aliphatic heterocycles. The van der Waals surface area contributed by atoms with Gasteiger partial charge in [-0.1, -0.05) is 18.1 Å². The van der Waals surface area contributed by atoms with Crippen LogP contribution in [0.3, 0.4) is 0 Å². The van der Waals surface area contributed by atoms with Gasteiger partial charge in [-0.15, -0.1) is 6.42 Å². The average molecular weight is 296 g/mol. The van der Waals surface area contributed by atoms with E-state index in [9.17, 15) is 18.5 Å². The third-order valence-corrected chi connectivity index (χ3v) is 5.04. The highest BCUT2D eigenvalue weighted by atomic mass is 32.2. The Balaban J connectivity index is 2.98. The molecule has 1 rings (SSSR count). The molecule has 0 saturated carbocycles. The summed E-state index contributed by atoms with van der Waals surface area (Å²) in [5.41, 5.74) is -0.543. The highest BCUT2D eigenvalue weighted by Gasteiger charge is 2.31. The molecular weight excluding hydrogens is 280 g/mol. The number of rotatable bonds is 5.